The number of aryl methyl sites for hydroxylation is 1. The van der Waals surface area contributed by atoms with E-state index in [0.29, 0.717) is 11.8 Å². The van der Waals surface area contributed by atoms with Gasteiger partial charge in [0.2, 0.25) is 0 Å². The molecule has 3 aromatic heterocycles. The van der Waals surface area contributed by atoms with E-state index in [2.05, 4.69) is 68.2 Å². The number of nitrogens with zero attached hydrogens (tertiary/aromatic N) is 5. The van der Waals surface area contributed by atoms with Crippen LogP contribution in [0.25, 0.3) is 22.6 Å². The Morgan fingerprint density at radius 2 is 2.03 bits per heavy atom. The van der Waals surface area contributed by atoms with E-state index >= 15 is 0 Å². The van der Waals surface area contributed by atoms with E-state index < -0.39 is 0 Å². The SMILES string of the molecule is Cc1n[nH]nc1-c1ccnc(-c2cn(C[C@H]3CCOc4cc(C(C)C)ccc43)cn2)c1. The molecule has 0 saturated heterocycles. The van der Waals surface area contributed by atoms with Crippen molar-refractivity contribution in [3.8, 4) is 28.4 Å². The van der Waals surface area contributed by atoms with Gasteiger partial charge < -0.3 is 9.30 Å². The predicted octanol–water partition coefficient (Wildman–Crippen LogP) is 4.73. The van der Waals surface area contributed by atoms with Crippen LogP contribution in [0, 0.1) is 6.92 Å². The summed E-state index contributed by atoms with van der Waals surface area (Å²) >= 11 is 0. The Bertz CT molecular complexity index is 1210. The summed E-state index contributed by atoms with van der Waals surface area (Å²) in [5.74, 6) is 1.93. The minimum absolute atomic E-state index is 0.407. The largest absolute Gasteiger partial charge is 0.493 e. The van der Waals surface area contributed by atoms with Gasteiger partial charge in [-0.3, -0.25) is 4.98 Å². The number of aromatic amines is 1. The molecule has 0 bridgehead atoms. The third-order valence-electron chi connectivity index (χ3n) is 5.95. The minimum Gasteiger partial charge on any atom is -0.493 e. The summed E-state index contributed by atoms with van der Waals surface area (Å²) in [6.45, 7) is 7.97. The third kappa shape index (κ3) is 3.83. The summed E-state index contributed by atoms with van der Waals surface area (Å²) in [6.07, 6.45) is 6.75. The van der Waals surface area contributed by atoms with Gasteiger partial charge in [-0.15, -0.1) is 0 Å². The van der Waals surface area contributed by atoms with Crippen molar-refractivity contribution in [2.75, 3.05) is 6.61 Å². The zero-order valence-electron chi connectivity index (χ0n) is 18.0. The zero-order valence-corrected chi connectivity index (χ0v) is 18.0. The number of nitrogens with one attached hydrogen (secondary N) is 1. The van der Waals surface area contributed by atoms with E-state index in [4.69, 9.17) is 4.74 Å². The first-order valence-electron chi connectivity index (χ1n) is 10.7. The second kappa shape index (κ2) is 7.98. The summed E-state index contributed by atoms with van der Waals surface area (Å²) in [6, 6.07) is 10.6. The van der Waals surface area contributed by atoms with Crippen molar-refractivity contribution in [1.29, 1.82) is 0 Å². The van der Waals surface area contributed by atoms with Gasteiger partial charge in [0.25, 0.3) is 0 Å². The molecule has 31 heavy (non-hydrogen) atoms. The molecule has 0 unspecified atom stereocenters. The molecule has 7 heteroatoms. The van der Waals surface area contributed by atoms with Gasteiger partial charge >= 0.3 is 0 Å². The van der Waals surface area contributed by atoms with Crippen LogP contribution in [-0.4, -0.2) is 36.6 Å². The molecule has 5 rings (SSSR count). The molecule has 0 radical (unpaired) electrons. The fourth-order valence-electron chi connectivity index (χ4n) is 4.15. The second-order valence-corrected chi connectivity index (χ2v) is 8.43. The van der Waals surface area contributed by atoms with Gasteiger partial charge in [-0.1, -0.05) is 26.0 Å². The van der Waals surface area contributed by atoms with Crippen LogP contribution < -0.4 is 4.74 Å². The minimum atomic E-state index is 0.407. The highest BCUT2D eigenvalue weighted by Gasteiger charge is 2.23. The monoisotopic (exact) mass is 414 g/mol. The summed E-state index contributed by atoms with van der Waals surface area (Å²) in [5, 5.41) is 11.0. The Balaban J connectivity index is 1.38. The van der Waals surface area contributed by atoms with Gasteiger partial charge in [-0.2, -0.15) is 15.4 Å². The molecule has 158 valence electrons. The number of aromatic nitrogens is 6. The molecule has 1 aromatic carbocycles. The lowest BCUT2D eigenvalue weighted by Gasteiger charge is -2.27. The topological polar surface area (TPSA) is 81.5 Å². The van der Waals surface area contributed by atoms with Crippen LogP contribution in [0.3, 0.4) is 0 Å². The maximum absolute atomic E-state index is 5.97. The average molecular weight is 415 g/mol. The number of imidazole rings is 1. The fraction of sp³-hybridized carbons (Fsp3) is 0.333. The zero-order chi connectivity index (χ0) is 21.4. The standard InChI is InChI=1S/C24H26N6O/c1-15(2)17-4-5-20-19(7-9-31-23(20)11-17)12-30-13-22(26-14-30)21-10-18(6-8-25-21)24-16(3)27-29-28-24/h4-6,8,10-11,13-15,19H,7,9,12H2,1-3H3,(H,27,28,29)/t19-/m1/s1. The predicted molar refractivity (Wildman–Crippen MR) is 119 cm³/mol. The quantitative estimate of drug-likeness (QED) is 0.511. The van der Waals surface area contributed by atoms with Crippen molar-refractivity contribution in [3.05, 3.63) is 65.9 Å². The van der Waals surface area contributed by atoms with Crippen LogP contribution in [0.4, 0.5) is 0 Å². The van der Waals surface area contributed by atoms with Gasteiger partial charge in [0.05, 0.1) is 24.3 Å². The summed E-state index contributed by atoms with van der Waals surface area (Å²) < 4.78 is 8.12. The van der Waals surface area contributed by atoms with Crippen LogP contribution in [0.15, 0.2) is 49.1 Å². The molecule has 1 aliphatic rings. The van der Waals surface area contributed by atoms with E-state index in [-0.39, 0.29) is 0 Å². The van der Waals surface area contributed by atoms with Crippen LogP contribution in [-0.2, 0) is 6.54 Å². The van der Waals surface area contributed by atoms with Crippen molar-refractivity contribution < 1.29 is 4.74 Å². The molecule has 0 spiro atoms. The number of fused-ring (bicyclic) bond motifs is 1. The number of hydrogen-bond acceptors (Lipinski definition) is 5. The smallest absolute Gasteiger partial charge is 0.123 e. The first-order chi connectivity index (χ1) is 15.1. The number of pyridine rings is 1. The Labute approximate surface area is 181 Å². The maximum Gasteiger partial charge on any atom is 0.123 e. The van der Waals surface area contributed by atoms with Crippen molar-refractivity contribution in [2.24, 2.45) is 0 Å². The van der Waals surface area contributed by atoms with E-state index in [1.165, 1.54) is 11.1 Å². The highest BCUT2D eigenvalue weighted by molar-refractivity contribution is 5.67. The molecule has 1 atom stereocenters. The summed E-state index contributed by atoms with van der Waals surface area (Å²) in [5.41, 5.74) is 6.96. The van der Waals surface area contributed by atoms with Crippen molar-refractivity contribution in [2.45, 2.75) is 45.6 Å². The Kier molecular flexibility index (Phi) is 5.02. The lowest BCUT2D eigenvalue weighted by molar-refractivity contribution is 0.258. The first kappa shape index (κ1) is 19.5. The Morgan fingerprint density at radius 3 is 2.84 bits per heavy atom. The molecule has 4 heterocycles. The molecule has 0 saturated carbocycles. The van der Waals surface area contributed by atoms with Crippen molar-refractivity contribution in [1.82, 2.24) is 29.9 Å². The lowest BCUT2D eigenvalue weighted by atomic mass is 9.90. The molecule has 1 N–H and O–H groups in total. The molecule has 0 fully saturated rings. The van der Waals surface area contributed by atoms with Gasteiger partial charge in [0, 0.05) is 30.4 Å². The number of H-pyrrole nitrogens is 1. The number of benzene rings is 1. The molecule has 4 aromatic rings. The Morgan fingerprint density at radius 1 is 1.13 bits per heavy atom. The van der Waals surface area contributed by atoms with Crippen molar-refractivity contribution >= 4 is 0 Å². The molecular weight excluding hydrogens is 388 g/mol. The third-order valence-corrected chi connectivity index (χ3v) is 5.95. The fourth-order valence-corrected chi connectivity index (χ4v) is 4.15. The first-order valence-corrected chi connectivity index (χ1v) is 10.7. The van der Waals surface area contributed by atoms with Crippen LogP contribution in [0.2, 0.25) is 0 Å². The molecule has 7 nitrogen and oxygen atoms in total. The van der Waals surface area contributed by atoms with E-state index in [1.54, 1.807) is 6.20 Å². The number of rotatable bonds is 5. The van der Waals surface area contributed by atoms with Gasteiger partial charge in [0.1, 0.15) is 17.1 Å². The van der Waals surface area contributed by atoms with Crippen molar-refractivity contribution in [3.63, 3.8) is 0 Å². The van der Waals surface area contributed by atoms with E-state index in [1.807, 2.05) is 25.4 Å². The molecular formula is C24H26N6O. The molecule has 1 aliphatic heterocycles. The maximum atomic E-state index is 5.97. The number of hydrogen-bond donors (Lipinski definition) is 1. The summed E-state index contributed by atoms with van der Waals surface area (Å²) in [7, 11) is 0. The van der Waals surface area contributed by atoms with E-state index in [9.17, 15) is 0 Å². The highest BCUT2D eigenvalue weighted by atomic mass is 16.5. The summed E-state index contributed by atoms with van der Waals surface area (Å²) in [4.78, 5) is 9.13. The van der Waals surface area contributed by atoms with Crippen LogP contribution in [0.5, 0.6) is 5.75 Å². The van der Waals surface area contributed by atoms with Gasteiger partial charge in [-0.25, -0.2) is 4.98 Å². The van der Waals surface area contributed by atoms with Gasteiger partial charge in [0.15, 0.2) is 0 Å². The average Bonchev–Trinajstić information content (AvgIpc) is 3.43. The molecule has 0 aliphatic carbocycles. The molecule has 0 amide bonds. The van der Waals surface area contributed by atoms with Crippen LogP contribution in [0.1, 0.15) is 48.9 Å². The normalized spacial score (nSPS) is 15.7. The Hall–Kier alpha value is -3.48. The second-order valence-electron chi connectivity index (χ2n) is 8.43. The van der Waals surface area contributed by atoms with E-state index in [0.717, 1.165) is 53.7 Å². The van der Waals surface area contributed by atoms with Gasteiger partial charge in [-0.05, 0) is 48.6 Å². The highest BCUT2D eigenvalue weighted by Crippen LogP contribution is 2.37. The van der Waals surface area contributed by atoms with Crippen LogP contribution >= 0.6 is 0 Å². The number of ether oxygens (including phenoxy) is 1. The lowest BCUT2D eigenvalue weighted by Crippen LogP contribution is -2.18.